The third kappa shape index (κ3) is 8.54. The molecule has 0 aliphatic carbocycles. The second-order valence-electron chi connectivity index (χ2n) is 8.90. The molecule has 0 bridgehead atoms. The van der Waals surface area contributed by atoms with Gasteiger partial charge in [0, 0.05) is 60.8 Å². The maximum atomic E-state index is 12.1. The lowest BCUT2D eigenvalue weighted by Crippen LogP contribution is -2.31. The summed E-state index contributed by atoms with van der Waals surface area (Å²) in [6.07, 6.45) is 0.889. The number of alkyl halides is 3. The van der Waals surface area contributed by atoms with Crippen molar-refractivity contribution in [2.75, 3.05) is 27.2 Å². The number of carboxylic acid groups (broad SMARTS) is 1. The predicted molar refractivity (Wildman–Crippen MR) is 139 cm³/mol. The lowest BCUT2D eigenvalue weighted by molar-refractivity contribution is -0.192. The molecule has 4 N–H and O–H groups in total. The zero-order valence-corrected chi connectivity index (χ0v) is 21.3. The van der Waals surface area contributed by atoms with E-state index >= 15 is 0 Å². The molecule has 3 aromatic rings. The Morgan fingerprint density at radius 2 is 1.90 bits per heavy atom. The Labute approximate surface area is 222 Å². The van der Waals surface area contributed by atoms with E-state index in [1.165, 1.54) is 0 Å². The van der Waals surface area contributed by atoms with Gasteiger partial charge in [-0.2, -0.15) is 13.2 Å². The molecule has 1 aliphatic rings. The molecule has 0 radical (unpaired) electrons. The molecule has 1 aliphatic heterocycles. The number of benzene rings is 1. The van der Waals surface area contributed by atoms with Crippen LogP contribution in [0.15, 0.2) is 60.8 Å². The zero-order valence-electron chi connectivity index (χ0n) is 21.3. The van der Waals surface area contributed by atoms with Crippen LogP contribution in [0, 0.1) is 0 Å². The first-order valence-electron chi connectivity index (χ1n) is 11.9. The van der Waals surface area contributed by atoms with Crippen LogP contribution in [0.2, 0.25) is 0 Å². The van der Waals surface area contributed by atoms with Gasteiger partial charge in [0.2, 0.25) is 5.91 Å². The fraction of sp³-hybridized carbons (Fsp3) is 0.259. The summed E-state index contributed by atoms with van der Waals surface area (Å²) in [5, 5.41) is 12.9. The number of likely N-dealkylation sites (N-methyl/N-ethyl adjacent to an activating group) is 1. The third-order valence-electron chi connectivity index (χ3n) is 5.55. The third-order valence-corrected chi connectivity index (χ3v) is 5.55. The lowest BCUT2D eigenvalue weighted by Gasteiger charge is -2.11. The fourth-order valence-corrected chi connectivity index (χ4v) is 3.66. The largest absolute Gasteiger partial charge is 0.490 e. The molecule has 0 saturated heterocycles. The molecule has 3 heterocycles. The number of fused-ring (bicyclic) bond motifs is 1. The number of carbonyl (C=O) groups excluding carboxylic acids is 2. The molecule has 0 spiro atoms. The van der Waals surface area contributed by atoms with Crippen LogP contribution in [0.25, 0.3) is 22.5 Å². The summed E-state index contributed by atoms with van der Waals surface area (Å²) >= 11 is 0. The quantitative estimate of drug-likeness (QED) is 0.339. The van der Waals surface area contributed by atoms with Crippen LogP contribution in [0.3, 0.4) is 0 Å². The monoisotopic (exact) mass is 543 g/mol. The van der Waals surface area contributed by atoms with Gasteiger partial charge in [0.15, 0.2) is 0 Å². The van der Waals surface area contributed by atoms with E-state index in [0.717, 1.165) is 46.7 Å². The van der Waals surface area contributed by atoms with Crippen molar-refractivity contribution >= 4 is 17.8 Å². The number of hydrogen-bond donors (Lipinski definition) is 4. The van der Waals surface area contributed by atoms with Crippen molar-refractivity contribution in [3.63, 3.8) is 0 Å². The van der Waals surface area contributed by atoms with Crippen molar-refractivity contribution in [3.05, 3.63) is 77.6 Å². The molecule has 206 valence electrons. The number of aliphatic carboxylic acids is 1. The van der Waals surface area contributed by atoms with Gasteiger partial charge < -0.3 is 25.6 Å². The van der Waals surface area contributed by atoms with E-state index in [9.17, 15) is 22.8 Å². The highest BCUT2D eigenvalue weighted by Gasteiger charge is 2.38. The number of amides is 2. The maximum absolute atomic E-state index is 12.1. The average molecular weight is 544 g/mol. The Balaban J connectivity index is 0.000000532. The number of halogens is 3. The van der Waals surface area contributed by atoms with E-state index in [4.69, 9.17) is 9.90 Å². The molecular formula is C27H28F3N5O4. The van der Waals surface area contributed by atoms with Crippen LogP contribution < -0.4 is 10.6 Å². The Morgan fingerprint density at radius 3 is 2.56 bits per heavy atom. The molecule has 4 rings (SSSR count). The smallest absolute Gasteiger partial charge is 0.475 e. The summed E-state index contributed by atoms with van der Waals surface area (Å²) in [4.78, 5) is 42.9. The first kappa shape index (κ1) is 29.1. The molecule has 39 heavy (non-hydrogen) atoms. The number of aromatic nitrogens is 2. The Bertz CT molecular complexity index is 1370. The van der Waals surface area contributed by atoms with Crippen molar-refractivity contribution in [3.8, 4) is 22.5 Å². The summed E-state index contributed by atoms with van der Waals surface area (Å²) in [5.41, 5.74) is 6.36. The predicted octanol–water partition coefficient (Wildman–Crippen LogP) is 3.40. The minimum absolute atomic E-state index is 0.0330. The van der Waals surface area contributed by atoms with Gasteiger partial charge in [0.05, 0.1) is 11.3 Å². The van der Waals surface area contributed by atoms with Gasteiger partial charge in [-0.05, 0) is 43.9 Å². The van der Waals surface area contributed by atoms with Gasteiger partial charge >= 0.3 is 12.1 Å². The molecule has 9 nitrogen and oxygen atoms in total. The van der Waals surface area contributed by atoms with Gasteiger partial charge in [0.25, 0.3) is 5.91 Å². The zero-order chi connectivity index (χ0) is 28.6. The number of aromatic amines is 1. The molecule has 0 fully saturated rings. The minimum Gasteiger partial charge on any atom is -0.475 e. The Kier molecular flexibility index (Phi) is 9.61. The molecule has 0 saturated carbocycles. The first-order valence-corrected chi connectivity index (χ1v) is 11.9. The highest BCUT2D eigenvalue weighted by Crippen LogP contribution is 2.27. The Morgan fingerprint density at radius 1 is 1.15 bits per heavy atom. The number of carbonyl (C=O) groups is 3. The number of hydrogen-bond acceptors (Lipinski definition) is 5. The topological polar surface area (TPSA) is 127 Å². The van der Waals surface area contributed by atoms with E-state index in [1.54, 1.807) is 12.3 Å². The minimum atomic E-state index is -5.08. The number of nitrogens with one attached hydrogen (secondary N) is 3. The Hall–Kier alpha value is -4.45. The normalized spacial score (nSPS) is 12.9. The summed E-state index contributed by atoms with van der Waals surface area (Å²) in [7, 11) is 3.91. The van der Waals surface area contributed by atoms with Crippen LogP contribution in [0.5, 0.6) is 0 Å². The average Bonchev–Trinajstić information content (AvgIpc) is 3.33. The van der Waals surface area contributed by atoms with Crippen LogP contribution in [0.1, 0.15) is 21.6 Å². The second-order valence-corrected chi connectivity index (χ2v) is 8.90. The van der Waals surface area contributed by atoms with E-state index in [-0.39, 0.29) is 11.8 Å². The van der Waals surface area contributed by atoms with Crippen LogP contribution >= 0.6 is 0 Å². The molecule has 2 amide bonds. The van der Waals surface area contributed by atoms with Crippen molar-refractivity contribution in [2.45, 2.75) is 19.1 Å². The van der Waals surface area contributed by atoms with Gasteiger partial charge in [-0.25, -0.2) is 4.79 Å². The molecule has 1 aromatic carbocycles. The van der Waals surface area contributed by atoms with Crippen LogP contribution in [-0.2, 0) is 22.6 Å². The van der Waals surface area contributed by atoms with E-state index in [2.05, 4.69) is 20.6 Å². The van der Waals surface area contributed by atoms with Gasteiger partial charge in [-0.1, -0.05) is 24.3 Å². The number of carboxylic acids is 1. The number of H-pyrrole nitrogens is 1. The number of nitrogens with zero attached hydrogens (tertiary/aromatic N) is 2. The highest BCUT2D eigenvalue weighted by molar-refractivity contribution is 5.97. The SMILES string of the molecule is CN(C)C/C=C/C(=O)NCc1cccc(-c2cc(-c3cc4c([nH]3)CCNC4=O)ccn2)c1.O=C(O)C(F)(F)F. The lowest BCUT2D eigenvalue weighted by atomic mass is 10.0. The van der Waals surface area contributed by atoms with E-state index in [1.807, 2.05) is 67.5 Å². The molecule has 2 aromatic heterocycles. The summed E-state index contributed by atoms with van der Waals surface area (Å²) in [6, 6.07) is 13.8. The van der Waals surface area contributed by atoms with E-state index < -0.39 is 12.1 Å². The maximum Gasteiger partial charge on any atom is 0.490 e. The molecule has 12 heteroatoms. The van der Waals surface area contributed by atoms with Crippen LogP contribution in [0.4, 0.5) is 13.2 Å². The van der Waals surface area contributed by atoms with Crippen molar-refractivity contribution < 1.29 is 32.7 Å². The summed E-state index contributed by atoms with van der Waals surface area (Å²) in [6.45, 7) is 1.82. The van der Waals surface area contributed by atoms with Gasteiger partial charge in [-0.15, -0.1) is 0 Å². The summed E-state index contributed by atoms with van der Waals surface area (Å²) in [5.74, 6) is -2.90. The van der Waals surface area contributed by atoms with Crippen LogP contribution in [-0.4, -0.2) is 71.1 Å². The molecule has 0 unspecified atom stereocenters. The van der Waals surface area contributed by atoms with Gasteiger partial charge in [0.1, 0.15) is 0 Å². The highest BCUT2D eigenvalue weighted by atomic mass is 19.4. The van der Waals surface area contributed by atoms with Crippen molar-refractivity contribution in [1.29, 1.82) is 0 Å². The summed E-state index contributed by atoms with van der Waals surface area (Å²) < 4.78 is 31.7. The second kappa shape index (κ2) is 12.9. The number of rotatable bonds is 7. The number of pyridine rings is 1. The van der Waals surface area contributed by atoms with Crippen molar-refractivity contribution in [1.82, 2.24) is 25.5 Å². The standard InChI is InChI=1S/C25H27N5O2.C2HF3O2/c1-30(2)12-4-7-24(31)28-16-17-5-3-6-18(13-17)22-14-19(8-10-26-22)23-15-20-21(29-23)9-11-27-25(20)32;3-2(4,5)1(6)7/h3-8,10,13-15,29H,9,11-12,16H2,1-2H3,(H,27,32)(H,28,31);(H,6,7)/b7-4+;. The van der Waals surface area contributed by atoms with Crippen molar-refractivity contribution in [2.24, 2.45) is 0 Å². The van der Waals surface area contributed by atoms with Gasteiger partial charge in [-0.3, -0.25) is 14.6 Å². The molecule has 0 atom stereocenters. The van der Waals surface area contributed by atoms with E-state index in [0.29, 0.717) is 18.7 Å². The fourth-order valence-electron chi connectivity index (χ4n) is 3.66. The molecular weight excluding hydrogens is 515 g/mol. The first-order chi connectivity index (χ1) is 18.4.